The molecule has 1 saturated heterocycles. The number of methoxy groups -OCH3 is 4. The minimum Gasteiger partial charge on any atom is -0.493 e. The molecule has 1 aliphatic heterocycles. The van der Waals surface area contributed by atoms with Gasteiger partial charge in [0.05, 0.1) is 38.2 Å². The quantitative estimate of drug-likeness (QED) is 0.527. The minimum absolute atomic E-state index is 0.00525. The van der Waals surface area contributed by atoms with Crippen molar-refractivity contribution in [2.75, 3.05) is 41.5 Å². The number of rotatable bonds is 8. The molecule has 0 radical (unpaired) electrons. The number of hydrogen-bond acceptors (Lipinski definition) is 8. The zero-order valence-electron chi connectivity index (χ0n) is 20.0. The summed E-state index contributed by atoms with van der Waals surface area (Å²) in [6, 6.07) is 7.50. The van der Waals surface area contributed by atoms with Gasteiger partial charge in [0, 0.05) is 37.3 Å². The first kappa shape index (κ1) is 26.1. The second-order valence-electron chi connectivity index (χ2n) is 7.75. The Morgan fingerprint density at radius 1 is 0.618 bits per heavy atom. The molecule has 3 rings (SSSR count). The van der Waals surface area contributed by atoms with Crippen LogP contribution in [0.5, 0.6) is 23.0 Å². The van der Waals surface area contributed by atoms with E-state index in [1.807, 2.05) is 0 Å². The van der Waals surface area contributed by atoms with E-state index in [1.165, 1.54) is 73.4 Å². The molecular formula is C22H30N2O8S2. The van der Waals surface area contributed by atoms with Gasteiger partial charge in [-0.15, -0.1) is 0 Å². The molecule has 1 fully saturated rings. The molecule has 2 atom stereocenters. The number of benzene rings is 2. The van der Waals surface area contributed by atoms with Crippen LogP contribution >= 0.6 is 0 Å². The topological polar surface area (TPSA) is 112 Å². The van der Waals surface area contributed by atoms with Gasteiger partial charge >= 0.3 is 0 Å². The third-order valence-corrected chi connectivity index (χ3v) is 10.0. The highest BCUT2D eigenvalue weighted by molar-refractivity contribution is 7.89. The van der Waals surface area contributed by atoms with E-state index in [0.717, 1.165) is 0 Å². The number of piperazine rings is 1. The molecule has 0 N–H and O–H groups in total. The number of hydrogen-bond donors (Lipinski definition) is 0. The highest BCUT2D eigenvalue weighted by atomic mass is 32.2. The smallest absolute Gasteiger partial charge is 0.243 e. The summed E-state index contributed by atoms with van der Waals surface area (Å²) >= 11 is 0. The molecule has 10 nitrogen and oxygen atoms in total. The molecule has 0 saturated carbocycles. The van der Waals surface area contributed by atoms with Crippen molar-refractivity contribution in [3.63, 3.8) is 0 Å². The molecule has 34 heavy (non-hydrogen) atoms. The summed E-state index contributed by atoms with van der Waals surface area (Å²) in [7, 11) is -2.04. The largest absolute Gasteiger partial charge is 0.493 e. The molecule has 12 heteroatoms. The van der Waals surface area contributed by atoms with Crippen molar-refractivity contribution in [2.24, 2.45) is 0 Å². The lowest BCUT2D eigenvalue weighted by molar-refractivity contribution is 0.153. The maximum Gasteiger partial charge on any atom is 0.243 e. The Bertz CT molecular complexity index is 1150. The fourth-order valence-electron chi connectivity index (χ4n) is 3.99. The van der Waals surface area contributed by atoms with Gasteiger partial charge in [-0.1, -0.05) is 0 Å². The van der Waals surface area contributed by atoms with Crippen LogP contribution in [0.4, 0.5) is 0 Å². The Morgan fingerprint density at radius 3 is 1.24 bits per heavy atom. The Labute approximate surface area is 201 Å². The van der Waals surface area contributed by atoms with Gasteiger partial charge in [-0.2, -0.15) is 8.61 Å². The van der Waals surface area contributed by atoms with E-state index in [2.05, 4.69) is 0 Å². The molecule has 0 aromatic heterocycles. The van der Waals surface area contributed by atoms with E-state index < -0.39 is 32.1 Å². The van der Waals surface area contributed by atoms with Crippen molar-refractivity contribution < 1.29 is 35.8 Å². The van der Waals surface area contributed by atoms with Gasteiger partial charge in [-0.25, -0.2) is 16.8 Å². The van der Waals surface area contributed by atoms with Gasteiger partial charge in [0.1, 0.15) is 0 Å². The van der Waals surface area contributed by atoms with Crippen molar-refractivity contribution in [3.8, 4) is 23.0 Å². The SMILES string of the molecule is COc1ccc(S(=O)(=O)N2CCN(S(=O)(=O)c3ccc(OC)c(OC)c3)C(C)C2C)cc1OC. The Kier molecular flexibility index (Phi) is 7.65. The lowest BCUT2D eigenvalue weighted by atomic mass is 10.1. The van der Waals surface area contributed by atoms with E-state index in [9.17, 15) is 16.8 Å². The fraction of sp³-hybridized carbons (Fsp3) is 0.455. The fourth-order valence-corrected chi connectivity index (χ4v) is 7.39. The van der Waals surface area contributed by atoms with Crippen LogP contribution in [0.3, 0.4) is 0 Å². The van der Waals surface area contributed by atoms with Crippen molar-refractivity contribution in [1.82, 2.24) is 8.61 Å². The lowest BCUT2D eigenvalue weighted by Gasteiger charge is -2.43. The molecule has 2 aromatic rings. The molecule has 0 amide bonds. The average Bonchev–Trinajstić information content (AvgIpc) is 2.84. The molecule has 0 bridgehead atoms. The van der Waals surface area contributed by atoms with Crippen molar-refractivity contribution in [2.45, 2.75) is 35.7 Å². The van der Waals surface area contributed by atoms with Crippen LogP contribution in [0, 0.1) is 0 Å². The summed E-state index contributed by atoms with van der Waals surface area (Å²) < 4.78 is 77.2. The van der Waals surface area contributed by atoms with Crippen molar-refractivity contribution in [1.29, 1.82) is 0 Å². The number of nitrogens with zero attached hydrogens (tertiary/aromatic N) is 2. The third-order valence-electron chi connectivity index (χ3n) is 6.07. The molecule has 2 aromatic carbocycles. The van der Waals surface area contributed by atoms with Crippen molar-refractivity contribution in [3.05, 3.63) is 36.4 Å². The van der Waals surface area contributed by atoms with Crippen molar-refractivity contribution >= 4 is 20.0 Å². The highest BCUT2D eigenvalue weighted by Gasteiger charge is 2.43. The maximum atomic E-state index is 13.4. The normalized spacial score (nSPS) is 20.1. The Hall–Kier alpha value is -2.54. The van der Waals surface area contributed by atoms with Gasteiger partial charge in [0.25, 0.3) is 0 Å². The first-order valence-corrected chi connectivity index (χ1v) is 13.4. The first-order chi connectivity index (χ1) is 16.0. The Morgan fingerprint density at radius 2 is 0.941 bits per heavy atom. The summed E-state index contributed by atoms with van der Waals surface area (Å²) in [5.74, 6) is 1.40. The summed E-state index contributed by atoms with van der Waals surface area (Å²) in [6.45, 7) is 3.38. The van der Waals surface area contributed by atoms with Crippen LogP contribution < -0.4 is 18.9 Å². The summed E-state index contributed by atoms with van der Waals surface area (Å²) in [5, 5.41) is 0. The molecule has 0 spiro atoms. The zero-order valence-corrected chi connectivity index (χ0v) is 21.6. The van der Waals surface area contributed by atoms with Gasteiger partial charge in [-0.05, 0) is 38.1 Å². The second kappa shape index (κ2) is 9.98. The maximum absolute atomic E-state index is 13.4. The van der Waals surface area contributed by atoms with Crippen LogP contribution in [-0.2, 0) is 20.0 Å². The van der Waals surface area contributed by atoms with Gasteiger partial charge in [-0.3, -0.25) is 0 Å². The molecule has 2 unspecified atom stereocenters. The van der Waals surface area contributed by atoms with E-state index in [-0.39, 0.29) is 22.9 Å². The molecule has 1 aliphatic rings. The van der Waals surface area contributed by atoms with E-state index in [1.54, 1.807) is 13.8 Å². The molecule has 0 aliphatic carbocycles. The molecular weight excluding hydrogens is 484 g/mol. The summed E-state index contributed by atoms with van der Waals surface area (Å²) in [4.78, 5) is 0.0841. The third kappa shape index (κ3) is 4.54. The van der Waals surface area contributed by atoms with Gasteiger partial charge < -0.3 is 18.9 Å². The monoisotopic (exact) mass is 514 g/mol. The standard InChI is InChI=1S/C22H30N2O8S2/c1-15-16(2)24(34(27,28)18-8-10-20(30-4)22(14-18)32-6)12-11-23(15)33(25,26)17-7-9-19(29-3)21(13-17)31-5/h7-10,13-16H,11-12H2,1-6H3. The average molecular weight is 515 g/mol. The van der Waals surface area contributed by atoms with Crippen LogP contribution in [0.2, 0.25) is 0 Å². The van der Waals surface area contributed by atoms with Gasteiger partial charge in [0.15, 0.2) is 23.0 Å². The summed E-state index contributed by atoms with van der Waals surface area (Å²) in [5.41, 5.74) is 0. The van der Waals surface area contributed by atoms with Crippen LogP contribution in [0.1, 0.15) is 13.8 Å². The lowest BCUT2D eigenvalue weighted by Crippen LogP contribution is -2.60. The molecule has 188 valence electrons. The first-order valence-electron chi connectivity index (χ1n) is 10.5. The van der Waals surface area contributed by atoms with E-state index in [4.69, 9.17) is 18.9 Å². The van der Waals surface area contributed by atoms with Crippen LogP contribution in [0.25, 0.3) is 0 Å². The summed E-state index contributed by atoms with van der Waals surface area (Å²) in [6.07, 6.45) is 0. The molecule has 1 heterocycles. The predicted molar refractivity (Wildman–Crippen MR) is 126 cm³/mol. The van der Waals surface area contributed by atoms with E-state index >= 15 is 0 Å². The van der Waals surface area contributed by atoms with Gasteiger partial charge in [0.2, 0.25) is 20.0 Å². The van der Waals surface area contributed by atoms with Crippen LogP contribution in [0.15, 0.2) is 46.2 Å². The Balaban J connectivity index is 1.91. The zero-order chi connectivity index (χ0) is 25.3. The number of ether oxygens (including phenoxy) is 4. The number of sulfonamides is 2. The highest BCUT2D eigenvalue weighted by Crippen LogP contribution is 2.35. The second-order valence-corrected chi connectivity index (χ2v) is 11.5. The van der Waals surface area contributed by atoms with E-state index in [0.29, 0.717) is 23.0 Å². The minimum atomic E-state index is -3.92. The predicted octanol–water partition coefficient (Wildman–Crippen LogP) is 2.19. The van der Waals surface area contributed by atoms with Crippen LogP contribution in [-0.4, -0.2) is 79.1 Å².